The molecule has 0 aromatic carbocycles. The summed E-state index contributed by atoms with van der Waals surface area (Å²) in [6.45, 7) is 0. The standard InChI is InChI=1S/C6H5BrN2O/c7-6-1-2-8-3-5(6)4-9-10/h1-4,10H/b9-4+. The van der Waals surface area contributed by atoms with E-state index in [9.17, 15) is 0 Å². The number of halogens is 1. The zero-order chi connectivity index (χ0) is 7.40. The lowest BCUT2D eigenvalue weighted by molar-refractivity contribution is 0.322. The highest BCUT2D eigenvalue weighted by Crippen LogP contribution is 2.11. The Morgan fingerprint density at radius 1 is 1.70 bits per heavy atom. The quantitative estimate of drug-likeness (QED) is 0.426. The number of rotatable bonds is 1. The fourth-order valence-electron chi connectivity index (χ4n) is 0.547. The maximum Gasteiger partial charge on any atom is 0.0760 e. The minimum Gasteiger partial charge on any atom is -0.411 e. The summed E-state index contributed by atoms with van der Waals surface area (Å²) in [5.41, 5.74) is 0.755. The topological polar surface area (TPSA) is 45.5 Å². The monoisotopic (exact) mass is 200 g/mol. The second kappa shape index (κ2) is 3.31. The van der Waals surface area contributed by atoms with Crippen LogP contribution in [0, 0.1) is 0 Å². The molecule has 1 heterocycles. The summed E-state index contributed by atoms with van der Waals surface area (Å²) >= 11 is 3.25. The number of nitrogens with zero attached hydrogens (tertiary/aromatic N) is 2. The van der Waals surface area contributed by atoms with E-state index in [1.807, 2.05) is 0 Å². The van der Waals surface area contributed by atoms with Crippen molar-refractivity contribution in [3.8, 4) is 0 Å². The lowest BCUT2D eigenvalue weighted by atomic mass is 10.3. The molecule has 0 aliphatic carbocycles. The fraction of sp³-hybridized carbons (Fsp3) is 0. The summed E-state index contributed by atoms with van der Waals surface area (Å²) in [7, 11) is 0. The fourth-order valence-corrected chi connectivity index (χ4v) is 0.870. The van der Waals surface area contributed by atoms with Crippen LogP contribution in [-0.2, 0) is 0 Å². The lowest BCUT2D eigenvalue weighted by Crippen LogP contribution is -1.83. The number of hydrogen-bond donors (Lipinski definition) is 1. The van der Waals surface area contributed by atoms with Gasteiger partial charge < -0.3 is 5.21 Å². The number of pyridine rings is 1. The molecule has 0 saturated carbocycles. The zero-order valence-corrected chi connectivity index (χ0v) is 6.62. The van der Waals surface area contributed by atoms with E-state index in [2.05, 4.69) is 26.1 Å². The average Bonchev–Trinajstić information content (AvgIpc) is 1.94. The molecular weight excluding hydrogens is 196 g/mol. The molecule has 4 heteroatoms. The van der Waals surface area contributed by atoms with E-state index in [1.165, 1.54) is 6.21 Å². The molecule has 0 fully saturated rings. The molecule has 10 heavy (non-hydrogen) atoms. The number of hydrogen-bond acceptors (Lipinski definition) is 3. The van der Waals surface area contributed by atoms with E-state index >= 15 is 0 Å². The Hall–Kier alpha value is -0.900. The highest BCUT2D eigenvalue weighted by atomic mass is 79.9. The van der Waals surface area contributed by atoms with Gasteiger partial charge in [0.2, 0.25) is 0 Å². The summed E-state index contributed by atoms with van der Waals surface area (Å²) in [6, 6.07) is 1.77. The Labute approximate surface area is 66.5 Å². The van der Waals surface area contributed by atoms with Gasteiger partial charge in [0, 0.05) is 22.4 Å². The molecule has 1 aromatic rings. The molecule has 0 aliphatic heterocycles. The Morgan fingerprint density at radius 3 is 3.10 bits per heavy atom. The first-order chi connectivity index (χ1) is 4.84. The first kappa shape index (κ1) is 7.21. The van der Waals surface area contributed by atoms with Crippen LogP contribution >= 0.6 is 15.9 Å². The van der Waals surface area contributed by atoms with Crippen LogP contribution in [0.25, 0.3) is 0 Å². The predicted molar refractivity (Wildman–Crippen MR) is 41.3 cm³/mol. The zero-order valence-electron chi connectivity index (χ0n) is 5.03. The molecule has 0 bridgehead atoms. The third-order valence-electron chi connectivity index (χ3n) is 0.993. The third-order valence-corrected chi connectivity index (χ3v) is 1.72. The van der Waals surface area contributed by atoms with Gasteiger partial charge in [0.15, 0.2) is 0 Å². The summed E-state index contributed by atoms with van der Waals surface area (Å²) in [6.07, 6.45) is 4.57. The molecule has 3 nitrogen and oxygen atoms in total. The van der Waals surface area contributed by atoms with Gasteiger partial charge in [-0.15, -0.1) is 0 Å². The predicted octanol–water partition coefficient (Wildman–Crippen LogP) is 1.65. The van der Waals surface area contributed by atoms with Gasteiger partial charge >= 0.3 is 0 Å². The highest BCUT2D eigenvalue weighted by Gasteiger charge is 1.92. The Kier molecular flexibility index (Phi) is 2.39. The Balaban J connectivity index is 3.03. The SMILES string of the molecule is O/N=C/c1cnccc1Br. The average molecular weight is 201 g/mol. The normalized spacial score (nSPS) is 10.5. The summed E-state index contributed by atoms with van der Waals surface area (Å²) in [5.74, 6) is 0. The van der Waals surface area contributed by atoms with Crippen LogP contribution in [-0.4, -0.2) is 16.4 Å². The minimum atomic E-state index is 0.755. The van der Waals surface area contributed by atoms with Gasteiger partial charge in [-0.05, 0) is 6.07 Å². The third kappa shape index (κ3) is 1.54. The Bertz CT molecular complexity index is 249. The molecule has 1 aromatic heterocycles. The molecule has 1 rings (SSSR count). The summed E-state index contributed by atoms with van der Waals surface area (Å²) in [5, 5.41) is 11.0. The molecule has 0 aliphatic rings. The van der Waals surface area contributed by atoms with E-state index in [0.29, 0.717) is 0 Å². The number of oxime groups is 1. The van der Waals surface area contributed by atoms with Crippen LogP contribution in [0.4, 0.5) is 0 Å². The van der Waals surface area contributed by atoms with Crippen LogP contribution in [0.5, 0.6) is 0 Å². The molecule has 0 atom stereocenters. The first-order valence-corrected chi connectivity index (χ1v) is 3.41. The molecule has 0 unspecified atom stereocenters. The summed E-state index contributed by atoms with van der Waals surface area (Å²) in [4.78, 5) is 3.83. The number of aromatic nitrogens is 1. The molecule has 0 amide bonds. The van der Waals surface area contributed by atoms with Gasteiger partial charge in [-0.25, -0.2) is 0 Å². The van der Waals surface area contributed by atoms with Gasteiger partial charge in [-0.2, -0.15) is 0 Å². The van der Waals surface area contributed by atoms with Gasteiger partial charge in [-0.3, -0.25) is 4.98 Å². The van der Waals surface area contributed by atoms with Crippen molar-refractivity contribution in [1.29, 1.82) is 0 Å². The maximum atomic E-state index is 8.16. The van der Waals surface area contributed by atoms with Crippen molar-refractivity contribution >= 4 is 22.1 Å². The molecule has 0 saturated heterocycles. The van der Waals surface area contributed by atoms with Crippen molar-refractivity contribution in [2.75, 3.05) is 0 Å². The molecule has 0 radical (unpaired) electrons. The van der Waals surface area contributed by atoms with Crippen molar-refractivity contribution < 1.29 is 5.21 Å². The first-order valence-electron chi connectivity index (χ1n) is 2.61. The largest absolute Gasteiger partial charge is 0.411 e. The van der Waals surface area contributed by atoms with E-state index < -0.39 is 0 Å². The van der Waals surface area contributed by atoms with Crippen LogP contribution in [0.15, 0.2) is 28.1 Å². The van der Waals surface area contributed by atoms with Gasteiger partial charge in [-0.1, -0.05) is 21.1 Å². The van der Waals surface area contributed by atoms with Crippen LogP contribution < -0.4 is 0 Å². The van der Waals surface area contributed by atoms with Crippen molar-refractivity contribution in [2.24, 2.45) is 5.16 Å². The van der Waals surface area contributed by atoms with Crippen LogP contribution in [0.3, 0.4) is 0 Å². The maximum absolute atomic E-state index is 8.16. The van der Waals surface area contributed by atoms with Gasteiger partial charge in [0.25, 0.3) is 0 Å². The van der Waals surface area contributed by atoms with Crippen LogP contribution in [0.2, 0.25) is 0 Å². The van der Waals surface area contributed by atoms with Crippen molar-refractivity contribution in [3.63, 3.8) is 0 Å². The van der Waals surface area contributed by atoms with Gasteiger partial charge in [0.1, 0.15) is 0 Å². The van der Waals surface area contributed by atoms with Crippen molar-refractivity contribution in [2.45, 2.75) is 0 Å². The highest BCUT2D eigenvalue weighted by molar-refractivity contribution is 9.10. The second-order valence-corrected chi connectivity index (χ2v) is 2.50. The van der Waals surface area contributed by atoms with E-state index in [-0.39, 0.29) is 0 Å². The smallest absolute Gasteiger partial charge is 0.0760 e. The lowest BCUT2D eigenvalue weighted by Gasteiger charge is -1.92. The Morgan fingerprint density at radius 2 is 2.50 bits per heavy atom. The van der Waals surface area contributed by atoms with E-state index in [0.717, 1.165) is 10.0 Å². The minimum absolute atomic E-state index is 0.755. The second-order valence-electron chi connectivity index (χ2n) is 1.64. The van der Waals surface area contributed by atoms with E-state index in [4.69, 9.17) is 5.21 Å². The molecule has 52 valence electrons. The van der Waals surface area contributed by atoms with Crippen LogP contribution in [0.1, 0.15) is 5.56 Å². The molecule has 1 N–H and O–H groups in total. The van der Waals surface area contributed by atoms with Gasteiger partial charge in [0.05, 0.1) is 6.21 Å². The van der Waals surface area contributed by atoms with Crippen molar-refractivity contribution in [3.05, 3.63) is 28.5 Å². The van der Waals surface area contributed by atoms with Crippen molar-refractivity contribution in [1.82, 2.24) is 4.98 Å². The summed E-state index contributed by atoms with van der Waals surface area (Å²) < 4.78 is 0.861. The van der Waals surface area contributed by atoms with E-state index in [1.54, 1.807) is 18.5 Å². The molecule has 0 spiro atoms. The molecular formula is C6H5BrN2O.